The third-order valence-electron chi connectivity index (χ3n) is 5.17. The smallest absolute Gasteiger partial charge is 0.322 e. The fourth-order valence-corrected chi connectivity index (χ4v) is 5.01. The molecule has 1 spiro atoms. The number of carbonyl (C=O) groups excluding carboxylic acids is 3. The van der Waals surface area contributed by atoms with Crippen LogP contribution in [-0.2, 0) is 16.0 Å². The topological polar surface area (TPSA) is 78.5 Å². The van der Waals surface area contributed by atoms with E-state index in [0.717, 1.165) is 31.2 Å². The van der Waals surface area contributed by atoms with Gasteiger partial charge in [-0.3, -0.25) is 14.9 Å². The second-order valence-electron chi connectivity index (χ2n) is 6.60. The van der Waals surface area contributed by atoms with Gasteiger partial charge in [0.05, 0.1) is 12.5 Å². The van der Waals surface area contributed by atoms with E-state index < -0.39 is 11.6 Å². The number of urea groups is 1. The minimum atomic E-state index is -0.933. The molecule has 2 fully saturated rings. The summed E-state index contributed by atoms with van der Waals surface area (Å²) in [4.78, 5) is 39.7. The van der Waals surface area contributed by atoms with E-state index in [-0.39, 0.29) is 24.3 Å². The van der Waals surface area contributed by atoms with Crippen molar-refractivity contribution in [3.8, 4) is 0 Å². The maximum atomic E-state index is 13.0. The molecular formula is C16H19N3O3S. The van der Waals surface area contributed by atoms with Crippen molar-refractivity contribution in [2.45, 2.75) is 43.6 Å². The molecule has 2 atom stereocenters. The first-order valence-corrected chi connectivity index (χ1v) is 8.96. The van der Waals surface area contributed by atoms with Gasteiger partial charge in [0.25, 0.3) is 5.91 Å². The van der Waals surface area contributed by atoms with Crippen LogP contribution in [0.2, 0.25) is 0 Å². The third kappa shape index (κ3) is 2.34. The van der Waals surface area contributed by atoms with Crippen LogP contribution < -0.4 is 10.6 Å². The van der Waals surface area contributed by atoms with Crippen molar-refractivity contribution in [1.82, 2.24) is 15.5 Å². The van der Waals surface area contributed by atoms with Gasteiger partial charge in [0, 0.05) is 11.4 Å². The summed E-state index contributed by atoms with van der Waals surface area (Å²) in [5, 5.41) is 7.09. The number of rotatable bonds is 1. The van der Waals surface area contributed by atoms with Crippen LogP contribution in [0.25, 0.3) is 0 Å². The van der Waals surface area contributed by atoms with Crippen LogP contribution >= 0.6 is 11.3 Å². The zero-order valence-electron chi connectivity index (χ0n) is 12.8. The van der Waals surface area contributed by atoms with Gasteiger partial charge < -0.3 is 10.2 Å². The zero-order chi connectivity index (χ0) is 16.0. The molecule has 7 heteroatoms. The van der Waals surface area contributed by atoms with Crippen LogP contribution in [0.5, 0.6) is 0 Å². The Labute approximate surface area is 138 Å². The Hall–Kier alpha value is -1.89. The first-order valence-electron chi connectivity index (χ1n) is 8.08. The molecule has 0 saturated carbocycles. The molecule has 122 valence electrons. The quantitative estimate of drug-likeness (QED) is 0.762. The Balaban J connectivity index is 1.56. The highest BCUT2D eigenvalue weighted by Crippen LogP contribution is 2.37. The molecule has 1 aromatic heterocycles. The summed E-state index contributed by atoms with van der Waals surface area (Å²) in [5.41, 5.74) is 0.225. The molecule has 4 amide bonds. The Kier molecular flexibility index (Phi) is 3.41. The number of nitrogens with one attached hydrogen (secondary N) is 2. The van der Waals surface area contributed by atoms with Gasteiger partial charge in [-0.05, 0) is 49.1 Å². The van der Waals surface area contributed by atoms with Gasteiger partial charge in [-0.1, -0.05) is 0 Å². The van der Waals surface area contributed by atoms with E-state index in [1.54, 1.807) is 16.2 Å². The van der Waals surface area contributed by atoms with Crippen molar-refractivity contribution < 1.29 is 14.4 Å². The molecular weight excluding hydrogens is 314 g/mol. The summed E-state index contributed by atoms with van der Waals surface area (Å²) in [5.74, 6) is -0.308. The standard InChI is InChI=1S/C16H19N3O3S/c20-13(11-3-1-4-12-10(11)5-8-23-12)19-7-2-6-16(9-19)14(21)17-15(22)18-16/h5,8,11H,1-4,6-7,9H2,(H2,17,18,21,22)/t11-,16+/m1/s1. The number of piperidine rings is 1. The zero-order valence-corrected chi connectivity index (χ0v) is 13.6. The van der Waals surface area contributed by atoms with Gasteiger partial charge >= 0.3 is 6.03 Å². The van der Waals surface area contributed by atoms with E-state index in [1.165, 1.54) is 4.88 Å². The van der Waals surface area contributed by atoms with Gasteiger partial charge in [-0.15, -0.1) is 11.3 Å². The average molecular weight is 333 g/mol. The first kappa shape index (κ1) is 14.7. The maximum absolute atomic E-state index is 13.0. The fraction of sp³-hybridized carbons (Fsp3) is 0.562. The molecule has 1 aliphatic carbocycles. The molecule has 4 rings (SSSR count). The molecule has 3 aliphatic rings. The van der Waals surface area contributed by atoms with Gasteiger partial charge in [0.2, 0.25) is 5.91 Å². The number of thiophene rings is 1. The number of aryl methyl sites for hydroxylation is 1. The highest BCUT2D eigenvalue weighted by Gasteiger charge is 2.50. The highest BCUT2D eigenvalue weighted by atomic mass is 32.1. The second kappa shape index (κ2) is 5.33. The minimum Gasteiger partial charge on any atom is -0.339 e. The van der Waals surface area contributed by atoms with Crippen molar-refractivity contribution in [2.75, 3.05) is 13.1 Å². The Morgan fingerprint density at radius 3 is 3.00 bits per heavy atom. The van der Waals surface area contributed by atoms with E-state index in [9.17, 15) is 14.4 Å². The van der Waals surface area contributed by atoms with Crippen molar-refractivity contribution in [3.05, 3.63) is 21.9 Å². The Bertz CT molecular complexity index is 686. The van der Waals surface area contributed by atoms with E-state index in [0.29, 0.717) is 13.0 Å². The number of hydrogen-bond acceptors (Lipinski definition) is 4. The summed E-state index contributed by atoms with van der Waals surface area (Å²) < 4.78 is 0. The molecule has 2 N–H and O–H groups in total. The van der Waals surface area contributed by atoms with Crippen LogP contribution in [0.1, 0.15) is 42.0 Å². The van der Waals surface area contributed by atoms with Crippen LogP contribution in [0.15, 0.2) is 11.4 Å². The van der Waals surface area contributed by atoms with E-state index >= 15 is 0 Å². The Morgan fingerprint density at radius 1 is 1.35 bits per heavy atom. The van der Waals surface area contributed by atoms with Gasteiger partial charge in [0.1, 0.15) is 5.54 Å². The largest absolute Gasteiger partial charge is 0.339 e. The van der Waals surface area contributed by atoms with Crippen LogP contribution in [0, 0.1) is 0 Å². The maximum Gasteiger partial charge on any atom is 0.322 e. The molecule has 2 aliphatic heterocycles. The molecule has 0 aromatic carbocycles. The average Bonchev–Trinajstić information content (AvgIpc) is 3.11. The van der Waals surface area contributed by atoms with E-state index in [4.69, 9.17) is 0 Å². The summed E-state index contributed by atoms with van der Waals surface area (Å²) in [6.07, 6.45) is 4.26. The number of carbonyl (C=O) groups is 3. The van der Waals surface area contributed by atoms with Crippen LogP contribution in [-0.4, -0.2) is 41.4 Å². The number of fused-ring (bicyclic) bond motifs is 1. The third-order valence-corrected chi connectivity index (χ3v) is 6.17. The number of amides is 4. The minimum absolute atomic E-state index is 0.0948. The summed E-state index contributed by atoms with van der Waals surface area (Å²) in [6, 6.07) is 1.60. The Morgan fingerprint density at radius 2 is 2.22 bits per heavy atom. The summed E-state index contributed by atoms with van der Waals surface area (Å²) in [6.45, 7) is 0.930. The highest BCUT2D eigenvalue weighted by molar-refractivity contribution is 7.10. The number of likely N-dealkylation sites (tertiary alicyclic amines) is 1. The number of hydrogen-bond donors (Lipinski definition) is 2. The van der Waals surface area contributed by atoms with Crippen molar-refractivity contribution >= 4 is 29.2 Å². The fourth-order valence-electron chi connectivity index (χ4n) is 4.02. The molecule has 0 unspecified atom stereocenters. The second-order valence-corrected chi connectivity index (χ2v) is 7.60. The van der Waals surface area contributed by atoms with Crippen molar-refractivity contribution in [2.24, 2.45) is 0 Å². The molecule has 23 heavy (non-hydrogen) atoms. The first-order chi connectivity index (χ1) is 11.1. The van der Waals surface area contributed by atoms with Crippen LogP contribution in [0.4, 0.5) is 4.79 Å². The van der Waals surface area contributed by atoms with Crippen LogP contribution in [0.3, 0.4) is 0 Å². The molecule has 3 heterocycles. The summed E-state index contributed by atoms with van der Waals surface area (Å²) >= 11 is 1.72. The summed E-state index contributed by atoms with van der Waals surface area (Å²) in [7, 11) is 0. The van der Waals surface area contributed by atoms with Gasteiger partial charge in [-0.25, -0.2) is 4.79 Å². The molecule has 0 bridgehead atoms. The van der Waals surface area contributed by atoms with Gasteiger partial charge in [-0.2, -0.15) is 0 Å². The monoisotopic (exact) mass is 333 g/mol. The number of imide groups is 1. The lowest BCUT2D eigenvalue weighted by Crippen LogP contribution is -2.60. The predicted molar refractivity (Wildman–Crippen MR) is 85.2 cm³/mol. The lowest BCUT2D eigenvalue weighted by Gasteiger charge is -2.40. The lowest BCUT2D eigenvalue weighted by atomic mass is 9.84. The van der Waals surface area contributed by atoms with Crippen molar-refractivity contribution in [1.29, 1.82) is 0 Å². The molecule has 2 saturated heterocycles. The lowest BCUT2D eigenvalue weighted by molar-refractivity contribution is -0.137. The van der Waals surface area contributed by atoms with E-state index in [2.05, 4.69) is 22.1 Å². The van der Waals surface area contributed by atoms with Gasteiger partial charge in [0.15, 0.2) is 0 Å². The molecule has 0 radical (unpaired) electrons. The normalized spacial score (nSPS) is 30.1. The molecule has 6 nitrogen and oxygen atoms in total. The SMILES string of the molecule is O=C1NC(=O)[C@@]2(CCCN(C(=O)[C@@H]3CCCc4sccc43)C2)N1. The van der Waals surface area contributed by atoms with E-state index in [1.807, 2.05) is 0 Å². The van der Waals surface area contributed by atoms with Crippen molar-refractivity contribution in [3.63, 3.8) is 0 Å². The molecule has 1 aromatic rings. The number of nitrogens with zero attached hydrogens (tertiary/aromatic N) is 1. The predicted octanol–water partition coefficient (Wildman–Crippen LogP) is 1.37.